The fourth-order valence-electron chi connectivity index (χ4n) is 2.39. The number of rotatable bonds is 3. The molecule has 0 aliphatic carbocycles. The van der Waals surface area contributed by atoms with E-state index in [1.54, 1.807) is 20.8 Å². The van der Waals surface area contributed by atoms with Crippen molar-refractivity contribution in [3.8, 4) is 0 Å². The van der Waals surface area contributed by atoms with E-state index in [1.165, 1.54) is 19.1 Å². The molecule has 0 saturated carbocycles. The van der Waals surface area contributed by atoms with Crippen molar-refractivity contribution in [3.05, 3.63) is 58.9 Å². The molecule has 2 N–H and O–H groups in total. The number of aryl methyl sites for hydroxylation is 1. The Balaban J connectivity index is 2.23. The highest BCUT2D eigenvalue weighted by Crippen LogP contribution is 2.31. The summed E-state index contributed by atoms with van der Waals surface area (Å²) in [6.45, 7) is 6.41. The fourth-order valence-corrected chi connectivity index (χ4v) is 2.39. The molecule has 156 valence electrons. The average Bonchev–Trinajstić information content (AvgIpc) is 2.54. The third kappa shape index (κ3) is 6.48. The molecule has 29 heavy (non-hydrogen) atoms. The van der Waals surface area contributed by atoms with Crippen molar-refractivity contribution < 1.29 is 31.9 Å². The maximum absolute atomic E-state index is 14.1. The molecule has 2 aromatic carbocycles. The van der Waals surface area contributed by atoms with Crippen molar-refractivity contribution in [2.24, 2.45) is 0 Å². The Morgan fingerprint density at radius 1 is 0.966 bits per heavy atom. The summed E-state index contributed by atoms with van der Waals surface area (Å²) >= 11 is 0. The number of alkyl halides is 3. The van der Waals surface area contributed by atoms with Crippen LogP contribution in [-0.4, -0.2) is 17.6 Å². The molecule has 0 atom stereocenters. The second kappa shape index (κ2) is 8.10. The molecule has 0 radical (unpaired) electrons. The highest BCUT2D eigenvalue weighted by atomic mass is 19.4. The van der Waals surface area contributed by atoms with Gasteiger partial charge in [-0.05, 0) is 69.7 Å². The van der Waals surface area contributed by atoms with E-state index in [1.807, 2.05) is 0 Å². The van der Waals surface area contributed by atoms with Crippen LogP contribution in [0.2, 0.25) is 0 Å². The van der Waals surface area contributed by atoms with Gasteiger partial charge in [-0.25, -0.2) is 9.18 Å². The molecule has 0 aliphatic rings. The molecule has 0 aliphatic heterocycles. The Morgan fingerprint density at radius 2 is 1.62 bits per heavy atom. The Morgan fingerprint density at radius 3 is 2.21 bits per heavy atom. The molecule has 0 bridgehead atoms. The zero-order valence-electron chi connectivity index (χ0n) is 16.2. The maximum Gasteiger partial charge on any atom is 0.416 e. The minimum Gasteiger partial charge on any atom is -0.444 e. The number of amides is 2. The molecule has 2 aromatic rings. The van der Waals surface area contributed by atoms with Crippen molar-refractivity contribution in [3.63, 3.8) is 0 Å². The lowest BCUT2D eigenvalue weighted by molar-refractivity contribution is -0.137. The van der Waals surface area contributed by atoms with E-state index < -0.39 is 35.2 Å². The Labute approximate surface area is 165 Å². The SMILES string of the molecule is Cc1cc(C(=O)Nc2cc(NC(=O)OC(C)(C)C)ccc2F)cc(C(F)(F)F)c1. The Kier molecular flexibility index (Phi) is 6.20. The van der Waals surface area contributed by atoms with Gasteiger partial charge in [0.25, 0.3) is 5.91 Å². The summed E-state index contributed by atoms with van der Waals surface area (Å²) in [7, 11) is 0. The van der Waals surface area contributed by atoms with Gasteiger partial charge in [0.05, 0.1) is 11.3 Å². The van der Waals surface area contributed by atoms with Crippen LogP contribution in [0.5, 0.6) is 0 Å². The molecular weight excluding hydrogens is 392 g/mol. The summed E-state index contributed by atoms with van der Waals surface area (Å²) in [6.07, 6.45) is -5.40. The molecule has 9 heteroatoms. The minimum absolute atomic E-state index is 0.135. The number of nitrogens with one attached hydrogen (secondary N) is 2. The smallest absolute Gasteiger partial charge is 0.416 e. The number of ether oxygens (including phenoxy) is 1. The zero-order valence-corrected chi connectivity index (χ0v) is 16.2. The molecule has 0 spiro atoms. The fraction of sp³-hybridized carbons (Fsp3) is 0.300. The second-order valence-corrected chi connectivity index (χ2v) is 7.36. The molecule has 2 rings (SSSR count). The topological polar surface area (TPSA) is 67.4 Å². The number of carbonyl (C=O) groups excluding carboxylic acids is 2. The van der Waals surface area contributed by atoms with Gasteiger partial charge < -0.3 is 10.1 Å². The molecule has 0 unspecified atom stereocenters. The van der Waals surface area contributed by atoms with Crippen LogP contribution < -0.4 is 10.6 Å². The van der Waals surface area contributed by atoms with Crippen LogP contribution in [0.1, 0.15) is 42.3 Å². The predicted octanol–water partition coefficient (Wildman–Crippen LogP) is 5.75. The van der Waals surface area contributed by atoms with Crippen LogP contribution in [0.4, 0.5) is 33.7 Å². The van der Waals surface area contributed by atoms with Gasteiger partial charge in [0, 0.05) is 11.3 Å². The predicted molar refractivity (Wildman–Crippen MR) is 100 cm³/mol. The largest absolute Gasteiger partial charge is 0.444 e. The van der Waals surface area contributed by atoms with E-state index in [2.05, 4.69) is 10.6 Å². The van der Waals surface area contributed by atoms with E-state index in [9.17, 15) is 27.2 Å². The van der Waals surface area contributed by atoms with Crippen molar-refractivity contribution in [2.75, 3.05) is 10.6 Å². The van der Waals surface area contributed by atoms with Crippen LogP contribution >= 0.6 is 0 Å². The van der Waals surface area contributed by atoms with Gasteiger partial charge in [0.15, 0.2) is 0 Å². The van der Waals surface area contributed by atoms with Crippen molar-refractivity contribution in [2.45, 2.75) is 39.5 Å². The summed E-state index contributed by atoms with van der Waals surface area (Å²) < 4.78 is 58.0. The summed E-state index contributed by atoms with van der Waals surface area (Å²) in [6, 6.07) is 6.23. The van der Waals surface area contributed by atoms with Gasteiger partial charge in [0.1, 0.15) is 11.4 Å². The molecule has 0 saturated heterocycles. The van der Waals surface area contributed by atoms with E-state index in [0.717, 1.165) is 18.2 Å². The monoisotopic (exact) mass is 412 g/mol. The number of benzene rings is 2. The summed E-state index contributed by atoms with van der Waals surface area (Å²) in [5, 5.41) is 4.61. The lowest BCUT2D eigenvalue weighted by Crippen LogP contribution is -2.27. The first-order valence-corrected chi connectivity index (χ1v) is 8.54. The van der Waals surface area contributed by atoms with E-state index in [4.69, 9.17) is 4.74 Å². The van der Waals surface area contributed by atoms with Crippen molar-refractivity contribution >= 4 is 23.4 Å². The van der Waals surface area contributed by atoms with Gasteiger partial charge in [-0.1, -0.05) is 0 Å². The van der Waals surface area contributed by atoms with Crippen molar-refractivity contribution in [1.29, 1.82) is 0 Å². The normalized spacial score (nSPS) is 11.7. The van der Waals surface area contributed by atoms with Crippen LogP contribution in [0.3, 0.4) is 0 Å². The molecule has 5 nitrogen and oxygen atoms in total. The molecule has 0 aromatic heterocycles. The summed E-state index contributed by atoms with van der Waals surface area (Å²) in [5.41, 5.74) is -1.95. The zero-order chi connectivity index (χ0) is 22.0. The van der Waals surface area contributed by atoms with E-state index in [-0.39, 0.29) is 22.5 Å². The van der Waals surface area contributed by atoms with Crippen LogP contribution in [-0.2, 0) is 10.9 Å². The highest BCUT2D eigenvalue weighted by Gasteiger charge is 2.31. The number of halogens is 4. The second-order valence-electron chi connectivity index (χ2n) is 7.36. The summed E-state index contributed by atoms with van der Waals surface area (Å²) in [5.74, 6) is -1.75. The van der Waals surface area contributed by atoms with Gasteiger partial charge in [-0.2, -0.15) is 13.2 Å². The molecule has 2 amide bonds. The first-order valence-electron chi connectivity index (χ1n) is 8.54. The lowest BCUT2D eigenvalue weighted by Gasteiger charge is -2.20. The van der Waals surface area contributed by atoms with E-state index in [0.29, 0.717) is 6.07 Å². The van der Waals surface area contributed by atoms with Crippen LogP contribution in [0.15, 0.2) is 36.4 Å². The van der Waals surface area contributed by atoms with Crippen molar-refractivity contribution in [1.82, 2.24) is 0 Å². The van der Waals surface area contributed by atoms with Gasteiger partial charge in [0.2, 0.25) is 0 Å². The number of anilines is 2. The average molecular weight is 412 g/mol. The number of hydrogen-bond acceptors (Lipinski definition) is 3. The third-order valence-electron chi connectivity index (χ3n) is 3.53. The summed E-state index contributed by atoms with van der Waals surface area (Å²) in [4.78, 5) is 24.2. The highest BCUT2D eigenvalue weighted by molar-refractivity contribution is 6.05. The molecule has 0 heterocycles. The van der Waals surface area contributed by atoms with Crippen LogP contribution in [0.25, 0.3) is 0 Å². The first kappa shape index (κ1) is 22.2. The van der Waals surface area contributed by atoms with Gasteiger partial charge in [-0.15, -0.1) is 0 Å². The van der Waals surface area contributed by atoms with Crippen LogP contribution in [0, 0.1) is 12.7 Å². The standard InChI is InChI=1S/C20H20F4N2O3/c1-11-7-12(9-13(8-11)20(22,23)24)17(27)26-16-10-14(5-6-15(16)21)25-18(28)29-19(2,3)4/h5-10H,1-4H3,(H,25,28)(H,26,27). The Hall–Kier alpha value is -3.10. The number of carbonyl (C=O) groups is 2. The quantitative estimate of drug-likeness (QED) is 0.631. The maximum atomic E-state index is 14.1. The lowest BCUT2D eigenvalue weighted by atomic mass is 10.1. The molecule has 0 fully saturated rings. The minimum atomic E-state index is -4.62. The third-order valence-corrected chi connectivity index (χ3v) is 3.53. The number of hydrogen-bond donors (Lipinski definition) is 2. The first-order chi connectivity index (χ1) is 13.2. The molecular formula is C20H20F4N2O3. The van der Waals surface area contributed by atoms with Gasteiger partial charge >= 0.3 is 12.3 Å². The Bertz CT molecular complexity index is 934. The van der Waals surface area contributed by atoms with E-state index >= 15 is 0 Å². The van der Waals surface area contributed by atoms with Gasteiger partial charge in [-0.3, -0.25) is 10.1 Å².